The van der Waals surface area contributed by atoms with Gasteiger partial charge in [0.05, 0.1) is 18.9 Å². The van der Waals surface area contributed by atoms with Crippen molar-refractivity contribution < 1.29 is 32.5 Å². The van der Waals surface area contributed by atoms with Crippen LogP contribution in [0.4, 0.5) is 4.39 Å². The lowest BCUT2D eigenvalue weighted by atomic mass is 10.1. The number of carbonyl (C=O) groups excluding carboxylic acids is 1. The number of benzene rings is 2. The fourth-order valence-electron chi connectivity index (χ4n) is 4.38. The molecule has 9 heteroatoms. The van der Waals surface area contributed by atoms with Crippen molar-refractivity contribution in [1.29, 1.82) is 0 Å². The van der Waals surface area contributed by atoms with E-state index in [1.807, 2.05) is 18.2 Å². The molecule has 2 atom stereocenters. The molecule has 3 aromatic rings. The molecule has 2 aromatic carbocycles. The molecule has 1 aromatic heterocycles. The summed E-state index contributed by atoms with van der Waals surface area (Å²) in [6.45, 7) is 2.49. The van der Waals surface area contributed by atoms with Crippen LogP contribution in [0.2, 0.25) is 0 Å². The van der Waals surface area contributed by atoms with E-state index in [1.54, 1.807) is 30.5 Å². The molecule has 1 fully saturated rings. The lowest BCUT2D eigenvalue weighted by Crippen LogP contribution is -2.47. The molecule has 1 N–H and O–H groups in total. The van der Waals surface area contributed by atoms with E-state index in [9.17, 15) is 9.18 Å². The van der Waals surface area contributed by atoms with Gasteiger partial charge in [-0.25, -0.2) is 4.39 Å². The molecule has 0 aliphatic carbocycles. The topological polar surface area (TPSA) is 82.4 Å². The van der Waals surface area contributed by atoms with Gasteiger partial charge in [-0.15, -0.1) is 0 Å². The molecule has 0 spiro atoms. The second-order valence-corrected chi connectivity index (χ2v) is 8.85. The Morgan fingerprint density at radius 2 is 2.03 bits per heavy atom. The molecule has 5 rings (SSSR count). The zero-order chi connectivity index (χ0) is 24.7. The highest BCUT2D eigenvalue weighted by atomic mass is 19.1. The predicted octanol–water partition coefficient (Wildman–Crippen LogP) is 3.89. The van der Waals surface area contributed by atoms with Crippen LogP contribution < -0.4 is 19.5 Å². The normalized spacial score (nSPS) is 17.3. The minimum Gasteiger partial charge on any atom is -0.476 e. The summed E-state index contributed by atoms with van der Waals surface area (Å²) >= 11 is 0. The Bertz CT molecular complexity index is 1150. The standard InChI is InChI=1S/C27H29FN2O6/c28-22-7-1-2-8-23(22)36-26(27(31)29-14-20-5-3-11-32-20)17-30(16-21-6-4-12-33-21)15-19-9-10-24-25(13-19)35-18-34-24/h1-3,5,7-11,13,21,26H,4,6,12,14-18H2,(H,29,31). The van der Waals surface area contributed by atoms with Gasteiger partial charge in [-0.05, 0) is 54.8 Å². The SMILES string of the molecule is O=C(NCc1ccco1)C(CN(Cc1ccc2c(c1)OCO2)CC1CCCO1)Oc1ccccc1F. The number of hydrogen-bond donors (Lipinski definition) is 1. The average Bonchev–Trinajstić information content (AvgIpc) is 3.66. The highest BCUT2D eigenvalue weighted by Crippen LogP contribution is 2.33. The number of hydrogen-bond acceptors (Lipinski definition) is 7. The maximum absolute atomic E-state index is 14.4. The van der Waals surface area contributed by atoms with Crippen LogP contribution >= 0.6 is 0 Å². The van der Waals surface area contributed by atoms with Crippen LogP contribution in [-0.4, -0.2) is 49.5 Å². The van der Waals surface area contributed by atoms with Crippen LogP contribution in [-0.2, 0) is 22.6 Å². The Morgan fingerprint density at radius 3 is 2.83 bits per heavy atom. The monoisotopic (exact) mass is 496 g/mol. The maximum atomic E-state index is 14.4. The second kappa shape index (κ2) is 11.5. The largest absolute Gasteiger partial charge is 0.476 e. The number of para-hydroxylation sites is 1. The zero-order valence-corrected chi connectivity index (χ0v) is 19.9. The first-order valence-electron chi connectivity index (χ1n) is 12.1. The van der Waals surface area contributed by atoms with Crippen LogP contribution in [0.15, 0.2) is 65.3 Å². The van der Waals surface area contributed by atoms with Gasteiger partial charge in [0.2, 0.25) is 6.79 Å². The van der Waals surface area contributed by atoms with Crippen molar-refractivity contribution >= 4 is 5.91 Å². The van der Waals surface area contributed by atoms with E-state index in [0.29, 0.717) is 30.3 Å². The molecule has 1 saturated heterocycles. The Balaban J connectivity index is 1.34. The van der Waals surface area contributed by atoms with Crippen LogP contribution in [0.25, 0.3) is 0 Å². The smallest absolute Gasteiger partial charge is 0.262 e. The lowest BCUT2D eigenvalue weighted by molar-refractivity contribution is -0.129. The minimum atomic E-state index is -0.965. The summed E-state index contributed by atoms with van der Waals surface area (Å²) in [6.07, 6.45) is 2.58. The molecule has 1 amide bonds. The van der Waals surface area contributed by atoms with Gasteiger partial charge in [0.1, 0.15) is 5.76 Å². The van der Waals surface area contributed by atoms with Crippen molar-refractivity contribution in [3.8, 4) is 17.2 Å². The third-order valence-corrected chi connectivity index (χ3v) is 6.17. The van der Waals surface area contributed by atoms with Crippen molar-refractivity contribution in [3.63, 3.8) is 0 Å². The number of amides is 1. The number of carbonyl (C=O) groups is 1. The summed E-state index contributed by atoms with van der Waals surface area (Å²) in [5.74, 6) is 1.16. The molecule has 3 heterocycles. The van der Waals surface area contributed by atoms with Gasteiger partial charge in [-0.3, -0.25) is 9.69 Å². The highest BCUT2D eigenvalue weighted by molar-refractivity contribution is 5.81. The average molecular weight is 497 g/mol. The Hall–Kier alpha value is -3.56. The van der Waals surface area contributed by atoms with E-state index in [1.165, 1.54) is 12.1 Å². The van der Waals surface area contributed by atoms with Crippen molar-refractivity contribution in [2.45, 2.75) is 38.1 Å². The summed E-state index contributed by atoms with van der Waals surface area (Å²) in [4.78, 5) is 15.3. The number of rotatable bonds is 11. The Labute approximate surface area is 208 Å². The number of ether oxygens (including phenoxy) is 4. The van der Waals surface area contributed by atoms with Gasteiger partial charge in [-0.2, -0.15) is 0 Å². The summed E-state index contributed by atoms with van der Waals surface area (Å²) in [5, 5.41) is 2.85. The molecule has 0 saturated carbocycles. The van der Waals surface area contributed by atoms with Gasteiger partial charge in [0.15, 0.2) is 29.2 Å². The summed E-state index contributed by atoms with van der Waals surface area (Å²) < 4.78 is 42.5. The third-order valence-electron chi connectivity index (χ3n) is 6.17. The van der Waals surface area contributed by atoms with Crippen molar-refractivity contribution in [2.75, 3.05) is 26.5 Å². The molecule has 8 nitrogen and oxygen atoms in total. The van der Waals surface area contributed by atoms with Crippen molar-refractivity contribution in [1.82, 2.24) is 10.2 Å². The van der Waals surface area contributed by atoms with E-state index < -0.39 is 11.9 Å². The predicted molar refractivity (Wildman–Crippen MR) is 128 cm³/mol. The minimum absolute atomic E-state index is 0.0239. The molecule has 190 valence electrons. The molecule has 36 heavy (non-hydrogen) atoms. The highest BCUT2D eigenvalue weighted by Gasteiger charge is 2.28. The summed E-state index contributed by atoms with van der Waals surface area (Å²) in [5.41, 5.74) is 0.998. The second-order valence-electron chi connectivity index (χ2n) is 8.85. The number of furan rings is 1. The summed E-state index contributed by atoms with van der Waals surface area (Å²) in [7, 11) is 0. The van der Waals surface area contributed by atoms with E-state index in [4.69, 9.17) is 23.4 Å². The quantitative estimate of drug-likeness (QED) is 0.431. The molecular formula is C27H29FN2O6. The molecule has 2 unspecified atom stereocenters. The first-order valence-corrected chi connectivity index (χ1v) is 12.1. The molecule has 0 radical (unpaired) electrons. The van der Waals surface area contributed by atoms with Crippen LogP contribution in [0.3, 0.4) is 0 Å². The van der Waals surface area contributed by atoms with E-state index in [-0.39, 0.29) is 37.6 Å². The fraction of sp³-hybridized carbons (Fsp3) is 0.370. The van der Waals surface area contributed by atoms with Gasteiger partial charge in [0, 0.05) is 26.2 Å². The van der Waals surface area contributed by atoms with E-state index >= 15 is 0 Å². The van der Waals surface area contributed by atoms with Gasteiger partial charge in [-0.1, -0.05) is 18.2 Å². The van der Waals surface area contributed by atoms with E-state index in [0.717, 1.165) is 25.0 Å². The van der Waals surface area contributed by atoms with Crippen LogP contribution in [0.1, 0.15) is 24.2 Å². The number of nitrogens with zero attached hydrogens (tertiary/aromatic N) is 1. The first-order chi connectivity index (χ1) is 17.6. The third kappa shape index (κ3) is 6.16. The molecule has 2 aliphatic rings. The number of fused-ring (bicyclic) bond motifs is 1. The van der Waals surface area contributed by atoms with Crippen molar-refractivity contribution in [3.05, 3.63) is 78.0 Å². The number of halogens is 1. The van der Waals surface area contributed by atoms with Crippen molar-refractivity contribution in [2.24, 2.45) is 0 Å². The lowest BCUT2D eigenvalue weighted by Gasteiger charge is -2.29. The maximum Gasteiger partial charge on any atom is 0.262 e. The molecule has 2 aliphatic heterocycles. The molecule has 0 bridgehead atoms. The number of nitrogens with one attached hydrogen (secondary N) is 1. The molecular weight excluding hydrogens is 467 g/mol. The zero-order valence-electron chi connectivity index (χ0n) is 19.9. The van der Waals surface area contributed by atoms with E-state index in [2.05, 4.69) is 10.2 Å². The summed E-state index contributed by atoms with van der Waals surface area (Å²) in [6, 6.07) is 15.4. The Morgan fingerprint density at radius 1 is 1.14 bits per heavy atom. The van der Waals surface area contributed by atoms with Gasteiger partial charge >= 0.3 is 0 Å². The van der Waals surface area contributed by atoms with Crippen LogP contribution in [0.5, 0.6) is 17.2 Å². The Kier molecular flexibility index (Phi) is 7.68. The fourth-order valence-corrected chi connectivity index (χ4v) is 4.38. The van der Waals surface area contributed by atoms with Crippen LogP contribution in [0, 0.1) is 5.82 Å². The van der Waals surface area contributed by atoms with Gasteiger partial charge in [0.25, 0.3) is 5.91 Å². The first kappa shape index (κ1) is 24.1. The van der Waals surface area contributed by atoms with Gasteiger partial charge < -0.3 is 28.7 Å².